The second-order valence-corrected chi connectivity index (χ2v) is 3.98. The summed E-state index contributed by atoms with van der Waals surface area (Å²) in [6.45, 7) is 3.06. The lowest BCUT2D eigenvalue weighted by Gasteiger charge is -2.06. The summed E-state index contributed by atoms with van der Waals surface area (Å²) >= 11 is 0. The van der Waals surface area contributed by atoms with Crippen LogP contribution in [-0.4, -0.2) is 31.3 Å². The molecule has 0 spiro atoms. The van der Waals surface area contributed by atoms with Crippen molar-refractivity contribution in [3.8, 4) is 6.01 Å². The van der Waals surface area contributed by atoms with Crippen molar-refractivity contribution in [1.29, 1.82) is 0 Å². The number of anilines is 2. The lowest BCUT2D eigenvalue weighted by Crippen LogP contribution is -2.10. The lowest BCUT2D eigenvalue weighted by atomic mass is 10.4. The number of nitrogens with two attached hydrogens (primary N) is 1. The number of nitrogens with one attached hydrogen (secondary N) is 1. The van der Waals surface area contributed by atoms with E-state index in [1.54, 1.807) is 4.68 Å². The number of rotatable bonds is 6. The highest BCUT2D eigenvalue weighted by atomic mass is 16.5. The van der Waals surface area contributed by atoms with Gasteiger partial charge in [-0.15, -0.1) is 0 Å². The van der Waals surface area contributed by atoms with E-state index < -0.39 is 0 Å². The Bertz CT molecular complexity index is 540. The third kappa shape index (κ3) is 3.80. The van der Waals surface area contributed by atoms with Gasteiger partial charge in [0.05, 0.1) is 18.8 Å². The number of aromatic nitrogens is 5. The number of nitrogens with zero attached hydrogens (tertiary/aromatic N) is 5. The van der Waals surface area contributed by atoms with Gasteiger partial charge in [0.25, 0.3) is 0 Å². The molecule has 8 nitrogen and oxygen atoms in total. The van der Waals surface area contributed by atoms with Crippen LogP contribution in [-0.2, 0) is 13.6 Å². The zero-order valence-electron chi connectivity index (χ0n) is 11.0. The Labute approximate surface area is 111 Å². The van der Waals surface area contributed by atoms with Gasteiger partial charge in [0, 0.05) is 13.2 Å². The van der Waals surface area contributed by atoms with Gasteiger partial charge >= 0.3 is 6.01 Å². The summed E-state index contributed by atoms with van der Waals surface area (Å²) in [5.74, 6) is 0.508. The van der Waals surface area contributed by atoms with E-state index in [4.69, 9.17) is 10.5 Å². The van der Waals surface area contributed by atoms with Crippen LogP contribution in [0.4, 0.5) is 11.9 Å². The third-order valence-corrected chi connectivity index (χ3v) is 2.26. The summed E-state index contributed by atoms with van der Waals surface area (Å²) < 4.78 is 7.06. The number of hydrogen-bond acceptors (Lipinski definition) is 7. The summed E-state index contributed by atoms with van der Waals surface area (Å²) in [6, 6.07) is 2.14. The molecule has 0 saturated carbocycles. The first-order valence-corrected chi connectivity index (χ1v) is 6.04. The molecule has 8 heteroatoms. The highest BCUT2D eigenvalue weighted by Gasteiger charge is 2.05. The standard InChI is InChI=1S/C11H17N7O/c1-3-6-19-11-15-9(12)14-10(16-11)13-7-8-4-5-18(2)17-8/h4-5H,3,6-7H2,1-2H3,(H3,12,13,14,15,16). The minimum absolute atomic E-state index is 0.129. The van der Waals surface area contributed by atoms with Crippen LogP contribution in [0.2, 0.25) is 0 Å². The van der Waals surface area contributed by atoms with Gasteiger partial charge in [0.15, 0.2) is 0 Å². The molecule has 0 radical (unpaired) electrons. The predicted octanol–water partition coefficient (Wildman–Crippen LogP) is 0.588. The monoisotopic (exact) mass is 263 g/mol. The normalized spacial score (nSPS) is 10.4. The fourth-order valence-corrected chi connectivity index (χ4v) is 1.44. The van der Waals surface area contributed by atoms with Gasteiger partial charge in [-0.05, 0) is 12.5 Å². The molecule has 2 aromatic rings. The molecule has 2 aromatic heterocycles. The molecule has 2 heterocycles. The Morgan fingerprint density at radius 2 is 2.21 bits per heavy atom. The largest absolute Gasteiger partial charge is 0.463 e. The molecule has 0 atom stereocenters. The van der Waals surface area contributed by atoms with Crippen molar-refractivity contribution < 1.29 is 4.74 Å². The first kappa shape index (κ1) is 13.1. The molecule has 0 aliphatic heterocycles. The van der Waals surface area contributed by atoms with Gasteiger partial charge in [-0.3, -0.25) is 4.68 Å². The fourth-order valence-electron chi connectivity index (χ4n) is 1.44. The van der Waals surface area contributed by atoms with Crippen molar-refractivity contribution in [1.82, 2.24) is 24.7 Å². The highest BCUT2D eigenvalue weighted by Crippen LogP contribution is 2.10. The molecule has 0 bridgehead atoms. The molecule has 0 saturated heterocycles. The summed E-state index contributed by atoms with van der Waals surface area (Å²) in [5, 5.41) is 7.27. The van der Waals surface area contributed by atoms with E-state index in [9.17, 15) is 0 Å². The number of aryl methyl sites for hydroxylation is 1. The quantitative estimate of drug-likeness (QED) is 0.785. The molecule has 0 amide bonds. The van der Waals surface area contributed by atoms with Crippen molar-refractivity contribution in [2.75, 3.05) is 17.7 Å². The molecule has 3 N–H and O–H groups in total. The molecular formula is C11H17N7O. The van der Waals surface area contributed by atoms with Crippen molar-refractivity contribution in [3.05, 3.63) is 18.0 Å². The summed E-state index contributed by atoms with van der Waals surface area (Å²) in [6.07, 6.45) is 2.75. The molecule has 2 rings (SSSR count). The van der Waals surface area contributed by atoms with Crippen molar-refractivity contribution in [2.24, 2.45) is 7.05 Å². The van der Waals surface area contributed by atoms with Gasteiger partial charge in [0.2, 0.25) is 11.9 Å². The van der Waals surface area contributed by atoms with E-state index in [-0.39, 0.29) is 12.0 Å². The Kier molecular flexibility index (Phi) is 4.11. The minimum Gasteiger partial charge on any atom is -0.463 e. The maximum atomic E-state index is 5.60. The Morgan fingerprint density at radius 3 is 2.89 bits per heavy atom. The van der Waals surface area contributed by atoms with Crippen LogP contribution in [0.5, 0.6) is 6.01 Å². The van der Waals surface area contributed by atoms with Gasteiger partial charge in [-0.2, -0.15) is 20.1 Å². The third-order valence-electron chi connectivity index (χ3n) is 2.26. The topological polar surface area (TPSA) is 104 Å². The second-order valence-electron chi connectivity index (χ2n) is 3.98. The zero-order chi connectivity index (χ0) is 13.7. The zero-order valence-corrected chi connectivity index (χ0v) is 11.0. The van der Waals surface area contributed by atoms with Crippen LogP contribution in [0.1, 0.15) is 19.0 Å². The van der Waals surface area contributed by atoms with Crippen LogP contribution in [0.15, 0.2) is 12.3 Å². The van der Waals surface area contributed by atoms with Crippen molar-refractivity contribution in [2.45, 2.75) is 19.9 Å². The summed E-state index contributed by atoms with van der Waals surface area (Å²) in [7, 11) is 1.86. The fraction of sp³-hybridized carbons (Fsp3) is 0.455. The Morgan fingerprint density at radius 1 is 1.37 bits per heavy atom. The molecule has 0 aliphatic rings. The average molecular weight is 263 g/mol. The SMILES string of the molecule is CCCOc1nc(N)nc(NCc2ccn(C)n2)n1. The molecule has 102 valence electrons. The van der Waals surface area contributed by atoms with Gasteiger partial charge < -0.3 is 15.8 Å². The highest BCUT2D eigenvalue weighted by molar-refractivity contribution is 5.32. The van der Waals surface area contributed by atoms with Crippen LogP contribution < -0.4 is 15.8 Å². The van der Waals surface area contributed by atoms with Crippen molar-refractivity contribution in [3.63, 3.8) is 0 Å². The molecule has 19 heavy (non-hydrogen) atoms. The van der Waals surface area contributed by atoms with Gasteiger partial charge in [-0.1, -0.05) is 6.92 Å². The molecule has 0 fully saturated rings. The van der Waals surface area contributed by atoms with Gasteiger partial charge in [0.1, 0.15) is 0 Å². The lowest BCUT2D eigenvalue weighted by molar-refractivity contribution is 0.292. The van der Waals surface area contributed by atoms with Crippen LogP contribution in [0.3, 0.4) is 0 Å². The first-order chi connectivity index (χ1) is 9.17. The summed E-state index contributed by atoms with van der Waals surface area (Å²) in [5.41, 5.74) is 6.49. The molecular weight excluding hydrogens is 246 g/mol. The van der Waals surface area contributed by atoms with Crippen molar-refractivity contribution >= 4 is 11.9 Å². The molecule has 0 unspecified atom stereocenters. The van der Waals surface area contributed by atoms with Gasteiger partial charge in [-0.25, -0.2) is 0 Å². The number of ether oxygens (including phenoxy) is 1. The van der Waals surface area contributed by atoms with E-state index in [0.717, 1.165) is 12.1 Å². The van der Waals surface area contributed by atoms with Crippen LogP contribution in [0.25, 0.3) is 0 Å². The van der Waals surface area contributed by atoms with Crippen LogP contribution in [0, 0.1) is 0 Å². The minimum atomic E-state index is 0.129. The smallest absolute Gasteiger partial charge is 0.323 e. The van der Waals surface area contributed by atoms with E-state index in [2.05, 4.69) is 25.4 Å². The van der Waals surface area contributed by atoms with E-state index in [1.807, 2.05) is 26.2 Å². The maximum Gasteiger partial charge on any atom is 0.323 e. The molecule has 0 aromatic carbocycles. The summed E-state index contributed by atoms with van der Waals surface area (Å²) in [4.78, 5) is 12.0. The maximum absolute atomic E-state index is 5.60. The number of nitrogen functional groups attached to an aromatic ring is 1. The molecule has 0 aliphatic carbocycles. The average Bonchev–Trinajstić information content (AvgIpc) is 2.79. The Hall–Kier alpha value is -2.38. The number of hydrogen-bond donors (Lipinski definition) is 2. The predicted molar refractivity (Wildman–Crippen MR) is 70.6 cm³/mol. The first-order valence-electron chi connectivity index (χ1n) is 6.04. The van der Waals surface area contributed by atoms with Crippen LogP contribution >= 0.6 is 0 Å². The van der Waals surface area contributed by atoms with E-state index in [1.165, 1.54) is 0 Å². The van der Waals surface area contributed by atoms with E-state index in [0.29, 0.717) is 19.1 Å². The Balaban J connectivity index is 2.01. The van der Waals surface area contributed by atoms with E-state index >= 15 is 0 Å². The second kappa shape index (κ2) is 5.98.